The Bertz CT molecular complexity index is 135. The van der Waals surface area contributed by atoms with Crippen LogP contribution in [0.25, 0.3) is 0 Å². The Morgan fingerprint density at radius 2 is 1.93 bits per heavy atom. The summed E-state index contributed by atoms with van der Waals surface area (Å²) < 4.78 is 2.29. The van der Waals surface area contributed by atoms with Crippen molar-refractivity contribution >= 4 is 11.9 Å². The fourth-order valence-corrected chi connectivity index (χ4v) is 1.84. The lowest BCUT2D eigenvalue weighted by molar-refractivity contribution is -0.160. The van der Waals surface area contributed by atoms with Crippen LogP contribution >= 0.6 is 11.9 Å². The molecule has 0 aliphatic carbocycles. The summed E-state index contributed by atoms with van der Waals surface area (Å²) in [4.78, 5) is 5.40. The molecule has 0 aromatic carbocycles. The van der Waals surface area contributed by atoms with Gasteiger partial charge < -0.3 is 0 Å². The van der Waals surface area contributed by atoms with Crippen molar-refractivity contribution < 1.29 is 4.84 Å². The molecule has 1 unspecified atom stereocenters. The van der Waals surface area contributed by atoms with Crippen LogP contribution in [0, 0.1) is 0 Å². The molecule has 4 heteroatoms. The number of nitrogens with zero attached hydrogens (tertiary/aromatic N) is 2. The molecule has 0 aliphatic heterocycles. The predicted octanol–water partition coefficient (Wildman–Crippen LogP) is 2.25. The monoisotopic (exact) mass is 220 g/mol. The average Bonchev–Trinajstić information content (AvgIpc) is 2.15. The number of rotatable bonds is 8. The molecule has 0 saturated carbocycles. The third-order valence-corrected chi connectivity index (χ3v) is 3.05. The molecule has 0 bridgehead atoms. The van der Waals surface area contributed by atoms with Crippen LogP contribution < -0.4 is 0 Å². The molecule has 14 heavy (non-hydrogen) atoms. The molecular weight excluding hydrogens is 196 g/mol. The maximum Gasteiger partial charge on any atom is 0.0656 e. The maximum absolute atomic E-state index is 5.40. The fourth-order valence-electron chi connectivity index (χ4n) is 1.17. The summed E-state index contributed by atoms with van der Waals surface area (Å²) in [5, 5.41) is 1.95. The van der Waals surface area contributed by atoms with Gasteiger partial charge in [0.2, 0.25) is 0 Å². The van der Waals surface area contributed by atoms with Crippen molar-refractivity contribution in [1.82, 2.24) is 9.37 Å². The van der Waals surface area contributed by atoms with Gasteiger partial charge >= 0.3 is 0 Å². The average molecular weight is 220 g/mol. The van der Waals surface area contributed by atoms with Crippen LogP contribution in [0.3, 0.4) is 0 Å². The minimum absolute atomic E-state index is 0.481. The van der Waals surface area contributed by atoms with Crippen LogP contribution in [0.15, 0.2) is 0 Å². The van der Waals surface area contributed by atoms with Crippen LogP contribution in [-0.2, 0) is 4.84 Å². The van der Waals surface area contributed by atoms with E-state index >= 15 is 0 Å². The Balaban J connectivity index is 3.56. The van der Waals surface area contributed by atoms with E-state index in [1.165, 1.54) is 0 Å². The number of hydroxylamine groups is 2. The van der Waals surface area contributed by atoms with Crippen LogP contribution in [-0.4, -0.2) is 48.4 Å². The van der Waals surface area contributed by atoms with E-state index in [4.69, 9.17) is 4.84 Å². The van der Waals surface area contributed by atoms with Gasteiger partial charge in [0.25, 0.3) is 0 Å². The first kappa shape index (κ1) is 14.2. The Kier molecular flexibility index (Phi) is 8.67. The highest BCUT2D eigenvalue weighted by Crippen LogP contribution is 2.09. The van der Waals surface area contributed by atoms with E-state index in [0.717, 1.165) is 25.3 Å². The maximum atomic E-state index is 5.40. The minimum atomic E-state index is 0.481. The summed E-state index contributed by atoms with van der Waals surface area (Å²) in [6.07, 6.45) is 1.14. The van der Waals surface area contributed by atoms with E-state index in [9.17, 15) is 0 Å². The van der Waals surface area contributed by atoms with Crippen LogP contribution in [0.2, 0.25) is 0 Å². The first-order chi connectivity index (χ1) is 6.61. The predicted molar refractivity (Wildman–Crippen MR) is 64.2 cm³/mol. The zero-order valence-electron chi connectivity index (χ0n) is 10.1. The molecule has 0 spiro atoms. The van der Waals surface area contributed by atoms with E-state index < -0.39 is 0 Å². The summed E-state index contributed by atoms with van der Waals surface area (Å²) in [5.41, 5.74) is 0. The zero-order valence-corrected chi connectivity index (χ0v) is 10.9. The third kappa shape index (κ3) is 6.65. The molecule has 0 saturated heterocycles. The highest BCUT2D eigenvalue weighted by atomic mass is 32.2. The van der Waals surface area contributed by atoms with E-state index in [-0.39, 0.29) is 0 Å². The van der Waals surface area contributed by atoms with Gasteiger partial charge in [-0.3, -0.25) is 9.14 Å². The van der Waals surface area contributed by atoms with Crippen LogP contribution in [0.5, 0.6) is 0 Å². The van der Waals surface area contributed by atoms with Gasteiger partial charge in [-0.2, -0.15) is 5.06 Å². The Hall–Kier alpha value is 0.230. The number of hydrogen-bond donors (Lipinski definition) is 0. The first-order valence-electron chi connectivity index (χ1n) is 5.31. The second-order valence-electron chi connectivity index (χ2n) is 3.37. The van der Waals surface area contributed by atoms with Gasteiger partial charge in [-0.25, -0.2) is 0 Å². The smallest absolute Gasteiger partial charge is 0.0656 e. The molecule has 0 aliphatic rings. The quantitative estimate of drug-likeness (QED) is 0.460. The van der Waals surface area contributed by atoms with E-state index in [2.05, 4.69) is 25.2 Å². The lowest BCUT2D eigenvalue weighted by Crippen LogP contribution is -2.31. The summed E-state index contributed by atoms with van der Waals surface area (Å²) in [6, 6.07) is 0.481. The molecule has 86 valence electrons. The zero-order chi connectivity index (χ0) is 11.0. The summed E-state index contributed by atoms with van der Waals surface area (Å²) in [7, 11) is 4.14. The van der Waals surface area contributed by atoms with Crippen molar-refractivity contribution in [2.45, 2.75) is 33.2 Å². The van der Waals surface area contributed by atoms with Crippen molar-refractivity contribution in [2.75, 3.05) is 33.0 Å². The lowest BCUT2D eigenvalue weighted by atomic mass is 10.2. The van der Waals surface area contributed by atoms with Crippen LogP contribution in [0.4, 0.5) is 0 Å². The van der Waals surface area contributed by atoms with Crippen molar-refractivity contribution in [3.63, 3.8) is 0 Å². The van der Waals surface area contributed by atoms with Gasteiger partial charge in [0.05, 0.1) is 6.61 Å². The van der Waals surface area contributed by atoms with Gasteiger partial charge in [0, 0.05) is 25.4 Å². The van der Waals surface area contributed by atoms with Gasteiger partial charge in [-0.15, -0.1) is 0 Å². The third-order valence-electron chi connectivity index (χ3n) is 2.16. The molecule has 1 atom stereocenters. The van der Waals surface area contributed by atoms with Gasteiger partial charge in [-0.1, -0.05) is 18.9 Å². The summed E-state index contributed by atoms with van der Waals surface area (Å²) >= 11 is 1.87. The van der Waals surface area contributed by atoms with Gasteiger partial charge in [0.1, 0.15) is 0 Å². The van der Waals surface area contributed by atoms with E-state index in [1.54, 1.807) is 0 Å². The molecule has 0 heterocycles. The van der Waals surface area contributed by atoms with Crippen molar-refractivity contribution in [1.29, 1.82) is 0 Å². The van der Waals surface area contributed by atoms with Crippen molar-refractivity contribution in [3.05, 3.63) is 0 Å². The molecular formula is C10H24N2OS. The highest BCUT2D eigenvalue weighted by Gasteiger charge is 2.09. The first-order valence-corrected chi connectivity index (χ1v) is 6.25. The largest absolute Gasteiger partial charge is 0.299 e. The van der Waals surface area contributed by atoms with Crippen LogP contribution in [0.1, 0.15) is 27.2 Å². The molecule has 0 aromatic rings. The fraction of sp³-hybridized carbons (Fsp3) is 1.00. The molecule has 0 fully saturated rings. The normalized spacial score (nSPS) is 13.9. The summed E-state index contributed by atoms with van der Waals surface area (Å²) in [6.45, 7) is 8.25. The SMILES string of the molecule is CCON(C)C(C)CCN(C)SCC. The van der Waals surface area contributed by atoms with E-state index in [1.807, 2.05) is 31.0 Å². The molecule has 0 radical (unpaired) electrons. The second-order valence-corrected chi connectivity index (χ2v) is 4.83. The molecule has 0 aromatic heterocycles. The highest BCUT2D eigenvalue weighted by molar-refractivity contribution is 7.96. The Labute approximate surface area is 92.9 Å². The Morgan fingerprint density at radius 1 is 1.29 bits per heavy atom. The lowest BCUT2D eigenvalue weighted by Gasteiger charge is -2.25. The van der Waals surface area contributed by atoms with E-state index in [0.29, 0.717) is 6.04 Å². The number of hydrogen-bond acceptors (Lipinski definition) is 4. The van der Waals surface area contributed by atoms with Crippen molar-refractivity contribution in [3.8, 4) is 0 Å². The summed E-state index contributed by atoms with van der Waals surface area (Å²) in [5.74, 6) is 1.15. The molecule has 0 amide bonds. The van der Waals surface area contributed by atoms with Crippen molar-refractivity contribution in [2.24, 2.45) is 0 Å². The Morgan fingerprint density at radius 3 is 2.43 bits per heavy atom. The topological polar surface area (TPSA) is 15.7 Å². The molecule has 3 nitrogen and oxygen atoms in total. The molecule has 0 N–H and O–H groups in total. The molecule has 0 rings (SSSR count). The van der Waals surface area contributed by atoms with Gasteiger partial charge in [-0.05, 0) is 27.3 Å². The standard InChI is InChI=1S/C10H24N2OS/c1-6-13-12(5)10(3)8-9-11(4)14-7-2/h10H,6-9H2,1-5H3. The second kappa shape index (κ2) is 8.53. The van der Waals surface area contributed by atoms with Gasteiger partial charge in [0.15, 0.2) is 0 Å². The minimum Gasteiger partial charge on any atom is -0.299 e.